The number of ether oxygens (including phenoxy) is 1. The van der Waals surface area contributed by atoms with Crippen LogP contribution >= 0.6 is 0 Å². The van der Waals surface area contributed by atoms with Gasteiger partial charge in [0.1, 0.15) is 12.4 Å². The number of amides is 1. The first-order chi connectivity index (χ1) is 9.76. The van der Waals surface area contributed by atoms with Crippen LogP contribution < -0.4 is 10.2 Å². The van der Waals surface area contributed by atoms with E-state index in [0.29, 0.717) is 0 Å². The number of methoxy groups -OCH3 is 1. The van der Waals surface area contributed by atoms with Gasteiger partial charge in [-0.25, -0.2) is 5.48 Å². The number of carbonyl (C=O) groups is 1. The molecule has 0 aliphatic rings. The Balaban J connectivity index is 2.21. The van der Waals surface area contributed by atoms with Crippen LogP contribution in [0.1, 0.15) is 12.5 Å². The highest BCUT2D eigenvalue weighted by molar-refractivity contribution is 5.88. The van der Waals surface area contributed by atoms with Crippen molar-refractivity contribution in [1.82, 2.24) is 5.48 Å². The summed E-state index contributed by atoms with van der Waals surface area (Å²) in [5.74, 6) is 0.454. The topological polar surface area (TPSA) is 47.6 Å². The molecule has 1 N–H and O–H groups in total. The third kappa shape index (κ3) is 3.16. The largest absolute Gasteiger partial charge is 0.496 e. The molecule has 0 aliphatic carbocycles. The summed E-state index contributed by atoms with van der Waals surface area (Å²) in [4.78, 5) is 16.6. The molecule has 0 saturated heterocycles. The Hall–Kier alpha value is -2.33. The van der Waals surface area contributed by atoms with Crippen molar-refractivity contribution in [2.75, 3.05) is 7.11 Å². The molecular formula is C16H17NO3. The summed E-state index contributed by atoms with van der Waals surface area (Å²) in [6, 6.07) is 11.9. The van der Waals surface area contributed by atoms with Gasteiger partial charge >= 0.3 is 0 Å². The van der Waals surface area contributed by atoms with Crippen molar-refractivity contribution >= 4 is 16.7 Å². The Morgan fingerprint density at radius 3 is 2.80 bits per heavy atom. The van der Waals surface area contributed by atoms with Gasteiger partial charge in [0.15, 0.2) is 0 Å². The minimum absolute atomic E-state index is 0.244. The fourth-order valence-corrected chi connectivity index (χ4v) is 2.02. The van der Waals surface area contributed by atoms with Gasteiger partial charge < -0.3 is 4.74 Å². The van der Waals surface area contributed by atoms with Crippen LogP contribution in [0, 0.1) is 0 Å². The molecule has 0 spiro atoms. The van der Waals surface area contributed by atoms with E-state index in [-0.39, 0.29) is 12.5 Å². The zero-order valence-corrected chi connectivity index (χ0v) is 11.6. The number of benzene rings is 2. The lowest BCUT2D eigenvalue weighted by atomic mass is 10.0. The highest BCUT2D eigenvalue weighted by Crippen LogP contribution is 2.28. The molecule has 4 heteroatoms. The Labute approximate surface area is 118 Å². The monoisotopic (exact) mass is 271 g/mol. The predicted octanol–water partition coefficient (Wildman–Crippen LogP) is 2.97. The van der Waals surface area contributed by atoms with Crippen molar-refractivity contribution in [3.05, 3.63) is 54.1 Å². The van der Waals surface area contributed by atoms with Crippen molar-refractivity contribution < 1.29 is 14.4 Å². The van der Waals surface area contributed by atoms with Crippen LogP contribution in [0.4, 0.5) is 0 Å². The number of fused-ring (bicyclic) bond motifs is 1. The zero-order valence-electron chi connectivity index (χ0n) is 11.6. The molecule has 0 unspecified atom stereocenters. The van der Waals surface area contributed by atoms with Crippen molar-refractivity contribution in [2.45, 2.75) is 13.5 Å². The lowest BCUT2D eigenvalue weighted by molar-refractivity contribution is -0.129. The molecule has 0 saturated carbocycles. The highest BCUT2D eigenvalue weighted by Gasteiger charge is 2.08. The molecule has 0 heterocycles. The lowest BCUT2D eigenvalue weighted by Gasteiger charge is -2.12. The maximum absolute atomic E-state index is 11.3. The SMILES string of the molecule is CC=CC(=O)NOCc1c(OC)ccc2ccccc12. The molecule has 2 rings (SSSR count). The van der Waals surface area contributed by atoms with Crippen LogP contribution in [-0.2, 0) is 16.2 Å². The van der Waals surface area contributed by atoms with Crippen molar-refractivity contribution in [3.63, 3.8) is 0 Å². The van der Waals surface area contributed by atoms with E-state index in [4.69, 9.17) is 9.57 Å². The molecular weight excluding hydrogens is 254 g/mol. The number of hydrogen-bond acceptors (Lipinski definition) is 3. The minimum Gasteiger partial charge on any atom is -0.496 e. The molecule has 0 fully saturated rings. The molecule has 0 aromatic heterocycles. The van der Waals surface area contributed by atoms with E-state index in [2.05, 4.69) is 5.48 Å². The Kier molecular flexibility index (Phi) is 4.74. The van der Waals surface area contributed by atoms with Crippen LogP contribution in [0.3, 0.4) is 0 Å². The first-order valence-corrected chi connectivity index (χ1v) is 6.35. The Morgan fingerprint density at radius 1 is 1.25 bits per heavy atom. The molecule has 2 aromatic rings. The smallest absolute Gasteiger partial charge is 0.267 e. The van der Waals surface area contributed by atoms with Gasteiger partial charge in [-0.2, -0.15) is 0 Å². The second-order valence-corrected chi connectivity index (χ2v) is 4.22. The van der Waals surface area contributed by atoms with E-state index in [9.17, 15) is 4.79 Å². The number of carbonyl (C=O) groups excluding carboxylic acids is 1. The van der Waals surface area contributed by atoms with Gasteiger partial charge in [0.05, 0.1) is 7.11 Å². The van der Waals surface area contributed by atoms with Crippen LogP contribution in [0.15, 0.2) is 48.6 Å². The zero-order chi connectivity index (χ0) is 14.4. The maximum Gasteiger partial charge on any atom is 0.267 e. The van der Waals surface area contributed by atoms with Crippen molar-refractivity contribution in [2.24, 2.45) is 0 Å². The number of rotatable bonds is 5. The summed E-state index contributed by atoms with van der Waals surface area (Å²) >= 11 is 0. The average Bonchev–Trinajstić information content (AvgIpc) is 2.47. The van der Waals surface area contributed by atoms with Gasteiger partial charge in [0.25, 0.3) is 5.91 Å². The summed E-state index contributed by atoms with van der Waals surface area (Å²) in [5, 5.41) is 2.15. The number of allylic oxidation sites excluding steroid dienone is 1. The normalized spacial score (nSPS) is 10.9. The third-order valence-corrected chi connectivity index (χ3v) is 2.92. The average molecular weight is 271 g/mol. The van der Waals surface area contributed by atoms with Gasteiger partial charge in [-0.1, -0.05) is 36.4 Å². The number of nitrogens with one attached hydrogen (secondary N) is 1. The van der Waals surface area contributed by atoms with E-state index in [0.717, 1.165) is 22.1 Å². The standard InChI is InChI=1S/C16H17NO3/c1-3-6-16(18)17-20-11-14-13-8-5-4-7-12(13)9-10-15(14)19-2/h3-10H,11H2,1-2H3,(H,17,18). The van der Waals surface area contributed by atoms with E-state index in [1.165, 1.54) is 6.08 Å². The fourth-order valence-electron chi connectivity index (χ4n) is 2.02. The first kappa shape index (κ1) is 14.1. The van der Waals surface area contributed by atoms with Gasteiger partial charge in [0.2, 0.25) is 0 Å². The lowest BCUT2D eigenvalue weighted by Crippen LogP contribution is -2.21. The summed E-state index contributed by atoms with van der Waals surface area (Å²) in [6.07, 6.45) is 3.05. The summed E-state index contributed by atoms with van der Waals surface area (Å²) in [6.45, 7) is 2.02. The highest BCUT2D eigenvalue weighted by atomic mass is 16.7. The van der Waals surface area contributed by atoms with Crippen LogP contribution in [0.25, 0.3) is 10.8 Å². The quantitative estimate of drug-likeness (QED) is 0.672. The number of hydroxylamine groups is 1. The summed E-state index contributed by atoms with van der Waals surface area (Å²) in [7, 11) is 1.62. The second-order valence-electron chi connectivity index (χ2n) is 4.22. The van der Waals surface area contributed by atoms with Crippen LogP contribution in [0.2, 0.25) is 0 Å². The molecule has 0 radical (unpaired) electrons. The number of hydrogen-bond donors (Lipinski definition) is 1. The molecule has 0 atom stereocenters. The summed E-state index contributed by atoms with van der Waals surface area (Å²) < 4.78 is 5.35. The second kappa shape index (κ2) is 6.73. The Morgan fingerprint density at radius 2 is 2.05 bits per heavy atom. The van der Waals surface area contributed by atoms with Gasteiger partial charge in [0, 0.05) is 11.6 Å². The van der Waals surface area contributed by atoms with E-state index in [1.54, 1.807) is 20.1 Å². The van der Waals surface area contributed by atoms with Gasteiger partial charge in [-0.15, -0.1) is 0 Å². The minimum atomic E-state index is -0.285. The molecule has 4 nitrogen and oxygen atoms in total. The van der Waals surface area contributed by atoms with Crippen LogP contribution in [0.5, 0.6) is 5.75 Å². The Bertz CT molecular complexity index is 635. The molecule has 20 heavy (non-hydrogen) atoms. The fraction of sp³-hybridized carbons (Fsp3) is 0.188. The van der Waals surface area contributed by atoms with Crippen molar-refractivity contribution in [1.29, 1.82) is 0 Å². The third-order valence-electron chi connectivity index (χ3n) is 2.92. The molecule has 2 aromatic carbocycles. The predicted molar refractivity (Wildman–Crippen MR) is 78.2 cm³/mol. The maximum atomic E-state index is 11.3. The molecule has 104 valence electrons. The molecule has 1 amide bonds. The van der Waals surface area contributed by atoms with E-state index < -0.39 is 0 Å². The van der Waals surface area contributed by atoms with Crippen molar-refractivity contribution in [3.8, 4) is 5.75 Å². The van der Waals surface area contributed by atoms with Gasteiger partial charge in [-0.3, -0.25) is 9.63 Å². The van der Waals surface area contributed by atoms with Gasteiger partial charge in [-0.05, 0) is 23.8 Å². The van der Waals surface area contributed by atoms with E-state index in [1.807, 2.05) is 36.4 Å². The summed E-state index contributed by atoms with van der Waals surface area (Å²) in [5.41, 5.74) is 3.28. The van der Waals surface area contributed by atoms with Crippen LogP contribution in [-0.4, -0.2) is 13.0 Å². The van der Waals surface area contributed by atoms with E-state index >= 15 is 0 Å². The first-order valence-electron chi connectivity index (χ1n) is 6.35. The molecule has 0 aliphatic heterocycles. The molecule has 0 bridgehead atoms.